The van der Waals surface area contributed by atoms with Crippen molar-refractivity contribution in [3.05, 3.63) is 59.9 Å². The molecule has 0 unspecified atom stereocenters. The first-order valence-corrected chi connectivity index (χ1v) is 12.2. The molecule has 1 saturated carbocycles. The molecule has 1 aromatic heterocycles. The van der Waals surface area contributed by atoms with E-state index in [-0.39, 0.29) is 0 Å². The molecule has 2 aromatic rings. The predicted molar refractivity (Wildman–Crippen MR) is 117 cm³/mol. The summed E-state index contributed by atoms with van der Waals surface area (Å²) in [5.74, 6) is 0. The van der Waals surface area contributed by atoms with Gasteiger partial charge in [-0.05, 0) is 7.02 Å². The number of nitrogens with one attached hydrogen (secondary N) is 1. The number of benzene rings is 1. The van der Waals surface area contributed by atoms with E-state index in [2.05, 4.69) is 56.5 Å². The number of hydrogen-bond acceptors (Lipinski definition) is 4. The monoisotopic (exact) mass is 561 g/mol. The van der Waals surface area contributed by atoms with Crippen LogP contribution in [0.2, 0.25) is 0 Å². The third-order valence-corrected chi connectivity index (χ3v) is 7.62. The number of likely N-dealkylation sites (N-methyl/N-ethyl adjacent to an activating group) is 1. The number of hydrogen-bond donors (Lipinski definition) is 1. The Morgan fingerprint density at radius 1 is 1.10 bits per heavy atom. The second-order valence-corrected chi connectivity index (χ2v) is 10.1. The first kappa shape index (κ1) is 19.6. The van der Waals surface area contributed by atoms with E-state index in [1.54, 1.807) is 0 Å². The van der Waals surface area contributed by atoms with Gasteiger partial charge in [-0.3, -0.25) is 0 Å². The molecule has 0 radical (unpaired) electrons. The van der Waals surface area contributed by atoms with Crippen molar-refractivity contribution in [3.63, 3.8) is 0 Å². The Morgan fingerprint density at radius 2 is 1.86 bits per heavy atom. The molecule has 4 nitrogen and oxygen atoms in total. The summed E-state index contributed by atoms with van der Waals surface area (Å²) in [5.41, 5.74) is 3.90. The fourth-order valence-corrected chi connectivity index (χ4v) is 5.74. The van der Waals surface area contributed by atoms with Gasteiger partial charge in [0.15, 0.2) is 0 Å². The second kappa shape index (κ2) is 10.1. The molecule has 2 fully saturated rings. The summed E-state index contributed by atoms with van der Waals surface area (Å²) in [6.07, 6.45) is 9.95. The van der Waals surface area contributed by atoms with E-state index in [1.165, 1.54) is 65.7 Å². The van der Waals surface area contributed by atoms with Crippen molar-refractivity contribution in [2.75, 3.05) is 38.5 Å². The van der Waals surface area contributed by atoms with Gasteiger partial charge in [0.2, 0.25) is 0 Å². The zero-order valence-electron chi connectivity index (χ0n) is 18.1. The first-order valence-electron chi connectivity index (χ1n) is 11.5. The first-order chi connectivity index (χ1) is 14.7. The van der Waals surface area contributed by atoms with Gasteiger partial charge in [0.1, 0.15) is 0 Å². The van der Waals surface area contributed by atoms with Crippen molar-refractivity contribution >= 4 is 9.59 Å². The summed E-state index contributed by atoms with van der Waals surface area (Å²) < 4.78 is 8.99. The molecule has 2 heterocycles. The molecule has 0 amide bonds. The van der Waals surface area contributed by atoms with Gasteiger partial charge in [-0.1, -0.05) is 0 Å². The van der Waals surface area contributed by atoms with E-state index in [1.807, 2.05) is 12.4 Å². The molecule has 4 rings (SSSR count). The van der Waals surface area contributed by atoms with Crippen LogP contribution in [0.3, 0.4) is 0 Å². The van der Waals surface area contributed by atoms with Gasteiger partial charge >= 0.3 is 179 Å². The van der Waals surface area contributed by atoms with Crippen LogP contribution in [0.25, 0.3) is 0 Å². The predicted octanol–water partition coefficient (Wildman–Crippen LogP) is 3.36. The van der Waals surface area contributed by atoms with Crippen molar-refractivity contribution in [2.24, 2.45) is 0 Å². The number of pyridine rings is 1. The Morgan fingerprint density at radius 3 is 2.59 bits per heavy atom. The molecule has 5 heteroatoms. The zero-order chi connectivity index (χ0) is 20.8. The Balaban J connectivity index is 1.32. The van der Waals surface area contributed by atoms with E-state index in [4.69, 9.17) is 1.37 Å². The van der Waals surface area contributed by atoms with Gasteiger partial charge in [-0.25, -0.2) is 0 Å². The van der Waals surface area contributed by atoms with Gasteiger partial charge in [0.25, 0.3) is 0 Å². The minimum atomic E-state index is 0.446. The minimum absolute atomic E-state index is 0.446. The number of nitrogens with zero attached hydrogens (tertiary/aromatic N) is 3. The summed E-state index contributed by atoms with van der Waals surface area (Å²) in [6, 6.07) is 14.1. The number of aromatic nitrogens is 1. The fraction of sp³-hybridized carbons (Fsp3) is 0.500. The summed E-state index contributed by atoms with van der Waals surface area (Å²) in [6.45, 7) is 4.38. The number of anilines is 1. The standard InChI is InChI=1S/C24H32N4.W/c1-27-15-17-28(18-16-27)23-11-9-22(10-12-23)26-24-13-14-25-19-21(24)8-7-20-5-3-2-4-6-20;/h2-6,13-14,19,22-23H,7,9-12,15-18H2,1H3,(H,25,26);/i1D;. The maximum absolute atomic E-state index is 7.55. The molecule has 0 atom stereocenters. The van der Waals surface area contributed by atoms with Gasteiger partial charge in [0.05, 0.1) is 0 Å². The SMILES string of the molecule is [2H]CN1CCN(C2CCC(Nc3ccncc3[C](=[W])Cc3ccccc3)CC2)CC1. The molecule has 1 aromatic carbocycles. The Hall–Kier alpha value is -1.35. The van der Waals surface area contributed by atoms with Gasteiger partial charge in [0, 0.05) is 1.37 Å². The molecule has 154 valence electrons. The maximum atomic E-state index is 7.55. The van der Waals surface area contributed by atoms with Gasteiger partial charge in [-0.15, -0.1) is 0 Å². The summed E-state index contributed by atoms with van der Waals surface area (Å²) in [7, 11) is 0.446. The van der Waals surface area contributed by atoms with Crippen molar-refractivity contribution in [3.8, 4) is 0 Å². The van der Waals surface area contributed by atoms with Crippen LogP contribution < -0.4 is 5.32 Å². The Labute approximate surface area is 187 Å². The van der Waals surface area contributed by atoms with Crippen molar-refractivity contribution < 1.29 is 20.7 Å². The van der Waals surface area contributed by atoms with Crippen LogP contribution in [-0.2, 0) is 25.8 Å². The molecule has 0 spiro atoms. The number of rotatable bonds is 6. The van der Waals surface area contributed by atoms with E-state index in [9.17, 15) is 0 Å². The average Bonchev–Trinajstić information content (AvgIpc) is 2.81. The van der Waals surface area contributed by atoms with Crippen LogP contribution in [0.15, 0.2) is 48.8 Å². The van der Waals surface area contributed by atoms with Crippen LogP contribution in [-0.4, -0.2) is 64.0 Å². The molecule has 0 bridgehead atoms. The van der Waals surface area contributed by atoms with E-state index in [0.29, 0.717) is 13.1 Å². The third kappa shape index (κ3) is 5.63. The summed E-state index contributed by atoms with van der Waals surface area (Å²) in [5, 5.41) is 3.86. The molecule has 1 aliphatic heterocycles. The van der Waals surface area contributed by atoms with Crippen molar-refractivity contribution in [1.82, 2.24) is 14.8 Å². The van der Waals surface area contributed by atoms with E-state index < -0.39 is 0 Å². The van der Waals surface area contributed by atoms with Gasteiger partial charge in [-0.2, -0.15) is 0 Å². The van der Waals surface area contributed by atoms with Crippen LogP contribution >= 0.6 is 0 Å². The van der Waals surface area contributed by atoms with Crippen molar-refractivity contribution in [1.29, 1.82) is 0 Å². The quantitative estimate of drug-likeness (QED) is 0.587. The summed E-state index contributed by atoms with van der Waals surface area (Å²) >= 11 is 1.51. The fourth-order valence-electron chi connectivity index (χ4n) is 4.55. The van der Waals surface area contributed by atoms with Gasteiger partial charge < -0.3 is 0 Å². The topological polar surface area (TPSA) is 31.4 Å². The molecular formula is C24H32N4W. The third-order valence-electron chi connectivity index (χ3n) is 6.31. The molecular weight excluding hydrogens is 528 g/mol. The van der Waals surface area contributed by atoms with E-state index in [0.717, 1.165) is 38.6 Å². The van der Waals surface area contributed by atoms with E-state index >= 15 is 0 Å². The van der Waals surface area contributed by atoms with Crippen LogP contribution in [0.5, 0.6) is 0 Å². The van der Waals surface area contributed by atoms with Crippen molar-refractivity contribution in [2.45, 2.75) is 44.2 Å². The molecule has 1 N–H and O–H groups in total. The average molecular weight is 561 g/mol. The summed E-state index contributed by atoms with van der Waals surface area (Å²) in [4.78, 5) is 9.33. The second-order valence-electron chi connectivity index (χ2n) is 8.31. The Bertz CT molecular complexity index is 815. The molecule has 1 aliphatic carbocycles. The normalized spacial score (nSPS) is 24.1. The van der Waals surface area contributed by atoms with Crippen LogP contribution in [0.1, 0.15) is 38.2 Å². The molecule has 2 aliphatic rings. The zero-order valence-corrected chi connectivity index (χ0v) is 20.0. The van der Waals surface area contributed by atoms with Crippen LogP contribution in [0, 0.1) is 0 Å². The molecule has 1 saturated heterocycles. The molecule has 29 heavy (non-hydrogen) atoms. The Kier molecular flexibility index (Phi) is 6.83. The number of piperazine rings is 1. The van der Waals surface area contributed by atoms with Crippen LogP contribution in [0.4, 0.5) is 5.69 Å².